The molecule has 0 spiro atoms. The van der Waals surface area contributed by atoms with Gasteiger partial charge in [-0.05, 0) is 38.2 Å². The van der Waals surface area contributed by atoms with Crippen LogP contribution in [0.1, 0.15) is 24.2 Å². The van der Waals surface area contributed by atoms with E-state index in [4.69, 9.17) is 22.1 Å². The van der Waals surface area contributed by atoms with Crippen molar-refractivity contribution in [2.75, 3.05) is 11.9 Å². The molecule has 0 saturated heterocycles. The van der Waals surface area contributed by atoms with Crippen molar-refractivity contribution >= 4 is 35.1 Å². The van der Waals surface area contributed by atoms with Gasteiger partial charge in [0.1, 0.15) is 17.4 Å². The quantitative estimate of drug-likeness (QED) is 0.547. The third kappa shape index (κ3) is 4.47. The summed E-state index contributed by atoms with van der Waals surface area (Å²) >= 11 is 4.96. The van der Waals surface area contributed by atoms with Crippen LogP contribution in [-0.4, -0.2) is 39.8 Å². The molecule has 1 rings (SSSR count). The first-order chi connectivity index (χ1) is 9.45. The molecule has 0 bridgehead atoms. The maximum atomic E-state index is 11.7. The summed E-state index contributed by atoms with van der Waals surface area (Å²) in [6, 6.07) is 2.27. The fraction of sp³-hybridized carbons (Fsp3) is 0.333. The molecular weight excluding hydrogens is 282 g/mol. The number of hydrogen-bond acceptors (Lipinski definition) is 5. The van der Waals surface area contributed by atoms with Crippen molar-refractivity contribution in [1.29, 1.82) is 0 Å². The number of carboxylic acid groups (broad SMARTS) is 1. The molecule has 8 heteroatoms. The van der Waals surface area contributed by atoms with Crippen molar-refractivity contribution < 1.29 is 19.4 Å². The van der Waals surface area contributed by atoms with Crippen LogP contribution in [0.5, 0.6) is 0 Å². The standard InChI is InChI=1S/C12H15N3O4S/c1-3-19-11(18)8-5-4-6-13-9(8)15-12(20)14-7(2)10(16)17/h4-7H,3H2,1-2H3,(H,16,17)(H2,13,14,15,20). The van der Waals surface area contributed by atoms with Gasteiger partial charge < -0.3 is 20.5 Å². The number of carbonyl (C=O) groups is 2. The Morgan fingerprint density at radius 1 is 1.55 bits per heavy atom. The number of rotatable bonds is 5. The number of nitrogens with zero attached hydrogens (tertiary/aromatic N) is 1. The number of esters is 1. The van der Waals surface area contributed by atoms with Gasteiger partial charge in [-0.3, -0.25) is 4.79 Å². The van der Waals surface area contributed by atoms with E-state index in [1.165, 1.54) is 19.2 Å². The lowest BCUT2D eigenvalue weighted by Crippen LogP contribution is -2.41. The first-order valence-electron chi connectivity index (χ1n) is 5.88. The minimum absolute atomic E-state index is 0.0594. The predicted octanol–water partition coefficient (Wildman–Crippen LogP) is 1.02. The Morgan fingerprint density at radius 3 is 2.85 bits per heavy atom. The minimum Gasteiger partial charge on any atom is -0.480 e. The van der Waals surface area contributed by atoms with E-state index in [0.717, 1.165) is 0 Å². The molecule has 1 heterocycles. The van der Waals surface area contributed by atoms with Crippen LogP contribution in [-0.2, 0) is 9.53 Å². The van der Waals surface area contributed by atoms with Gasteiger partial charge in [-0.2, -0.15) is 0 Å². The second-order valence-electron chi connectivity index (χ2n) is 3.78. The zero-order valence-corrected chi connectivity index (χ0v) is 11.9. The normalized spacial score (nSPS) is 11.3. The molecule has 1 atom stereocenters. The minimum atomic E-state index is -1.04. The number of hydrogen-bond donors (Lipinski definition) is 3. The maximum Gasteiger partial charge on any atom is 0.341 e. The largest absolute Gasteiger partial charge is 0.480 e. The van der Waals surface area contributed by atoms with Gasteiger partial charge in [0.2, 0.25) is 0 Å². The number of ether oxygens (including phenoxy) is 1. The number of aliphatic carboxylic acids is 1. The molecule has 1 unspecified atom stereocenters. The van der Waals surface area contributed by atoms with E-state index in [0.29, 0.717) is 0 Å². The van der Waals surface area contributed by atoms with E-state index in [-0.39, 0.29) is 23.1 Å². The summed E-state index contributed by atoms with van der Waals surface area (Å²) in [4.78, 5) is 26.4. The van der Waals surface area contributed by atoms with Crippen LogP contribution in [0.2, 0.25) is 0 Å². The molecule has 20 heavy (non-hydrogen) atoms. The summed E-state index contributed by atoms with van der Waals surface area (Å²) in [5.41, 5.74) is 0.224. The van der Waals surface area contributed by atoms with Crippen molar-refractivity contribution in [1.82, 2.24) is 10.3 Å². The molecule has 0 aliphatic heterocycles. The second-order valence-corrected chi connectivity index (χ2v) is 4.19. The highest BCUT2D eigenvalue weighted by Crippen LogP contribution is 2.12. The molecule has 0 radical (unpaired) electrons. The Bertz CT molecular complexity index is 521. The zero-order chi connectivity index (χ0) is 15.1. The Balaban J connectivity index is 2.79. The van der Waals surface area contributed by atoms with E-state index in [1.54, 1.807) is 13.0 Å². The highest BCUT2D eigenvalue weighted by Gasteiger charge is 2.16. The Labute approximate surface area is 121 Å². The lowest BCUT2D eigenvalue weighted by atomic mass is 10.2. The molecular formula is C12H15N3O4S. The number of thiocarbonyl (C=S) groups is 1. The van der Waals surface area contributed by atoms with Crippen LogP contribution in [0.3, 0.4) is 0 Å². The molecule has 0 amide bonds. The average Bonchev–Trinajstić information content (AvgIpc) is 2.39. The van der Waals surface area contributed by atoms with E-state index >= 15 is 0 Å². The fourth-order valence-corrected chi connectivity index (χ4v) is 1.55. The molecule has 3 N–H and O–H groups in total. The molecule has 1 aromatic heterocycles. The van der Waals surface area contributed by atoms with Gasteiger partial charge in [0.15, 0.2) is 5.11 Å². The Hall–Kier alpha value is -2.22. The van der Waals surface area contributed by atoms with Gasteiger partial charge in [0.25, 0.3) is 0 Å². The summed E-state index contributed by atoms with van der Waals surface area (Å²) in [5.74, 6) is -1.36. The first kappa shape index (κ1) is 15.8. The van der Waals surface area contributed by atoms with Crippen LogP contribution < -0.4 is 10.6 Å². The highest BCUT2D eigenvalue weighted by atomic mass is 32.1. The molecule has 0 aromatic carbocycles. The van der Waals surface area contributed by atoms with Crippen LogP contribution >= 0.6 is 12.2 Å². The predicted molar refractivity (Wildman–Crippen MR) is 76.6 cm³/mol. The Kier molecular flexibility index (Phi) is 5.85. The summed E-state index contributed by atoms with van der Waals surface area (Å²) in [6.07, 6.45) is 1.48. The van der Waals surface area contributed by atoms with Crippen molar-refractivity contribution in [3.8, 4) is 0 Å². The van der Waals surface area contributed by atoms with Crippen molar-refractivity contribution in [3.63, 3.8) is 0 Å². The number of carboxylic acids is 1. The lowest BCUT2D eigenvalue weighted by molar-refractivity contribution is -0.138. The molecule has 0 aliphatic rings. The van der Waals surface area contributed by atoms with Gasteiger partial charge in [-0.1, -0.05) is 0 Å². The number of aromatic nitrogens is 1. The van der Waals surface area contributed by atoms with Gasteiger partial charge in [-0.25, -0.2) is 9.78 Å². The fourth-order valence-electron chi connectivity index (χ4n) is 1.28. The number of carbonyl (C=O) groups excluding carboxylic acids is 1. The van der Waals surface area contributed by atoms with Gasteiger partial charge in [0.05, 0.1) is 6.61 Å². The summed E-state index contributed by atoms with van der Waals surface area (Å²) in [5, 5.41) is 14.1. The average molecular weight is 297 g/mol. The van der Waals surface area contributed by atoms with Gasteiger partial charge in [0, 0.05) is 6.20 Å². The van der Waals surface area contributed by atoms with E-state index in [9.17, 15) is 9.59 Å². The van der Waals surface area contributed by atoms with Crippen LogP contribution in [0.25, 0.3) is 0 Å². The van der Waals surface area contributed by atoms with Gasteiger partial charge >= 0.3 is 11.9 Å². The zero-order valence-electron chi connectivity index (χ0n) is 11.0. The number of anilines is 1. The van der Waals surface area contributed by atoms with Crippen LogP contribution in [0, 0.1) is 0 Å². The highest BCUT2D eigenvalue weighted by molar-refractivity contribution is 7.80. The van der Waals surface area contributed by atoms with Crippen molar-refractivity contribution in [2.45, 2.75) is 19.9 Å². The van der Waals surface area contributed by atoms with E-state index < -0.39 is 18.0 Å². The summed E-state index contributed by atoms with van der Waals surface area (Å²) < 4.78 is 4.89. The summed E-state index contributed by atoms with van der Waals surface area (Å²) in [7, 11) is 0. The van der Waals surface area contributed by atoms with Crippen molar-refractivity contribution in [3.05, 3.63) is 23.9 Å². The second kappa shape index (κ2) is 7.39. The number of nitrogens with one attached hydrogen (secondary N) is 2. The summed E-state index contributed by atoms with van der Waals surface area (Å²) in [6.45, 7) is 3.38. The monoisotopic (exact) mass is 297 g/mol. The third-order valence-corrected chi connectivity index (χ3v) is 2.47. The topological polar surface area (TPSA) is 101 Å². The molecule has 108 valence electrons. The molecule has 0 fully saturated rings. The Morgan fingerprint density at radius 2 is 2.25 bits per heavy atom. The smallest absolute Gasteiger partial charge is 0.341 e. The van der Waals surface area contributed by atoms with Gasteiger partial charge in [-0.15, -0.1) is 0 Å². The van der Waals surface area contributed by atoms with Crippen LogP contribution in [0.4, 0.5) is 5.82 Å². The van der Waals surface area contributed by atoms with E-state index in [1.807, 2.05) is 0 Å². The third-order valence-electron chi connectivity index (χ3n) is 2.25. The molecule has 1 aromatic rings. The maximum absolute atomic E-state index is 11.7. The molecule has 7 nitrogen and oxygen atoms in total. The lowest BCUT2D eigenvalue weighted by Gasteiger charge is -2.14. The first-order valence-corrected chi connectivity index (χ1v) is 6.29. The molecule has 0 aliphatic carbocycles. The molecule has 0 saturated carbocycles. The SMILES string of the molecule is CCOC(=O)c1cccnc1NC(=S)NC(C)C(=O)O. The van der Waals surface area contributed by atoms with E-state index in [2.05, 4.69) is 15.6 Å². The van der Waals surface area contributed by atoms with Crippen LogP contribution in [0.15, 0.2) is 18.3 Å². The number of pyridine rings is 1. The van der Waals surface area contributed by atoms with Crippen molar-refractivity contribution in [2.24, 2.45) is 0 Å².